The lowest BCUT2D eigenvalue weighted by molar-refractivity contribution is 0.913. The molecule has 2 aromatic carbocycles. The van der Waals surface area contributed by atoms with Crippen LogP contribution in [0.4, 0.5) is 0 Å². The highest BCUT2D eigenvalue weighted by Crippen LogP contribution is 2.36. The minimum Gasteiger partial charge on any atom is -0.228 e. The molecule has 4 rings (SSSR count). The van der Waals surface area contributed by atoms with E-state index in [4.69, 9.17) is 16.6 Å². The molecule has 0 bridgehead atoms. The molecular weight excluding hydrogens is 292 g/mol. The quantitative estimate of drug-likeness (QED) is 0.599. The van der Waals surface area contributed by atoms with Crippen LogP contribution in [0.3, 0.4) is 0 Å². The summed E-state index contributed by atoms with van der Waals surface area (Å²) in [5, 5.41) is 0.580. The Morgan fingerprint density at radius 1 is 0.955 bits per heavy atom. The van der Waals surface area contributed by atoms with Gasteiger partial charge in [0.2, 0.25) is 0 Å². The topological polar surface area (TPSA) is 25.8 Å². The molecular formula is C19H15ClN2. The van der Waals surface area contributed by atoms with E-state index in [0.29, 0.717) is 11.0 Å². The van der Waals surface area contributed by atoms with Crippen LogP contribution in [0.2, 0.25) is 5.15 Å². The zero-order chi connectivity index (χ0) is 15.1. The van der Waals surface area contributed by atoms with Crippen molar-refractivity contribution in [2.45, 2.75) is 19.8 Å². The minimum absolute atomic E-state index is 0.580. The van der Waals surface area contributed by atoms with Crippen LogP contribution in [0.15, 0.2) is 48.5 Å². The maximum atomic E-state index is 6.45. The zero-order valence-electron chi connectivity index (χ0n) is 12.3. The van der Waals surface area contributed by atoms with Gasteiger partial charge >= 0.3 is 0 Å². The highest BCUT2D eigenvalue weighted by Gasteiger charge is 2.21. The summed E-state index contributed by atoms with van der Waals surface area (Å²) >= 11 is 6.45. The predicted octanol–water partition coefficient (Wildman–Crippen LogP) is 4.87. The van der Waals surface area contributed by atoms with Gasteiger partial charge in [0.05, 0.1) is 5.69 Å². The molecule has 0 saturated carbocycles. The van der Waals surface area contributed by atoms with E-state index in [0.717, 1.165) is 29.7 Å². The third-order valence-electron chi connectivity index (χ3n) is 4.15. The molecule has 0 unspecified atom stereocenters. The molecule has 0 atom stereocenters. The molecule has 2 nitrogen and oxygen atoms in total. The van der Waals surface area contributed by atoms with E-state index < -0.39 is 0 Å². The molecule has 0 spiro atoms. The van der Waals surface area contributed by atoms with Crippen LogP contribution in [-0.4, -0.2) is 9.97 Å². The SMILES string of the molecule is Cc1cccc(-c2nc(Cl)c3c(n2)-c2ccccc2CC3)c1. The second-order valence-electron chi connectivity index (χ2n) is 5.69. The minimum atomic E-state index is 0.580. The molecule has 0 fully saturated rings. The maximum absolute atomic E-state index is 6.45. The van der Waals surface area contributed by atoms with Gasteiger partial charge in [-0.15, -0.1) is 0 Å². The summed E-state index contributed by atoms with van der Waals surface area (Å²) in [6, 6.07) is 16.6. The molecule has 0 saturated heterocycles. The van der Waals surface area contributed by atoms with Crippen LogP contribution in [0.5, 0.6) is 0 Å². The lowest BCUT2D eigenvalue weighted by atomic mass is 9.90. The zero-order valence-corrected chi connectivity index (χ0v) is 13.1. The van der Waals surface area contributed by atoms with Crippen molar-refractivity contribution < 1.29 is 0 Å². The molecule has 0 N–H and O–H groups in total. The molecule has 22 heavy (non-hydrogen) atoms. The Balaban J connectivity index is 1.94. The second kappa shape index (κ2) is 5.22. The fourth-order valence-corrected chi connectivity index (χ4v) is 3.31. The van der Waals surface area contributed by atoms with E-state index >= 15 is 0 Å². The molecule has 0 amide bonds. The molecule has 3 heteroatoms. The fourth-order valence-electron chi connectivity index (χ4n) is 3.04. The average molecular weight is 307 g/mol. The van der Waals surface area contributed by atoms with E-state index in [2.05, 4.69) is 48.3 Å². The molecule has 1 heterocycles. The number of rotatable bonds is 1. The van der Waals surface area contributed by atoms with Gasteiger partial charge in [0, 0.05) is 16.7 Å². The largest absolute Gasteiger partial charge is 0.228 e. The Morgan fingerprint density at radius 3 is 2.68 bits per heavy atom. The van der Waals surface area contributed by atoms with Gasteiger partial charge in [-0.2, -0.15) is 0 Å². The molecule has 1 aliphatic carbocycles. The number of benzene rings is 2. The van der Waals surface area contributed by atoms with Crippen LogP contribution < -0.4 is 0 Å². The first-order chi connectivity index (χ1) is 10.7. The van der Waals surface area contributed by atoms with E-state index in [9.17, 15) is 0 Å². The summed E-state index contributed by atoms with van der Waals surface area (Å²) in [6.07, 6.45) is 1.90. The fraction of sp³-hybridized carbons (Fsp3) is 0.158. The molecule has 108 valence electrons. The Bertz CT molecular complexity index is 871. The number of aryl methyl sites for hydroxylation is 2. The highest BCUT2D eigenvalue weighted by molar-refractivity contribution is 6.30. The van der Waals surface area contributed by atoms with Crippen molar-refractivity contribution in [2.75, 3.05) is 0 Å². The number of fused-ring (bicyclic) bond motifs is 3. The first-order valence-corrected chi connectivity index (χ1v) is 7.82. The Kier molecular flexibility index (Phi) is 3.20. The van der Waals surface area contributed by atoms with E-state index in [1.54, 1.807) is 0 Å². The second-order valence-corrected chi connectivity index (χ2v) is 6.05. The van der Waals surface area contributed by atoms with Crippen molar-refractivity contribution in [1.29, 1.82) is 0 Å². The Hall–Kier alpha value is -2.19. The van der Waals surface area contributed by atoms with Gasteiger partial charge in [-0.1, -0.05) is 59.6 Å². The van der Waals surface area contributed by atoms with Gasteiger partial charge in [-0.05, 0) is 31.4 Å². The van der Waals surface area contributed by atoms with Crippen LogP contribution >= 0.6 is 11.6 Å². The van der Waals surface area contributed by atoms with Crippen LogP contribution in [0.1, 0.15) is 16.7 Å². The smallest absolute Gasteiger partial charge is 0.161 e. The summed E-state index contributed by atoms with van der Waals surface area (Å²) in [5.74, 6) is 0.698. The van der Waals surface area contributed by atoms with Gasteiger partial charge < -0.3 is 0 Å². The number of aromatic nitrogens is 2. The maximum Gasteiger partial charge on any atom is 0.161 e. The third kappa shape index (κ3) is 2.20. The van der Waals surface area contributed by atoms with E-state index in [-0.39, 0.29) is 0 Å². The molecule has 3 aromatic rings. The van der Waals surface area contributed by atoms with Crippen molar-refractivity contribution in [2.24, 2.45) is 0 Å². The van der Waals surface area contributed by atoms with Gasteiger partial charge in [0.15, 0.2) is 5.82 Å². The van der Waals surface area contributed by atoms with Crippen molar-refractivity contribution in [3.8, 4) is 22.6 Å². The number of hydrogen-bond donors (Lipinski definition) is 0. The first-order valence-electron chi connectivity index (χ1n) is 7.44. The van der Waals surface area contributed by atoms with Gasteiger partial charge in [0.1, 0.15) is 5.15 Å². The van der Waals surface area contributed by atoms with Crippen molar-refractivity contribution in [3.05, 3.63) is 70.4 Å². The normalized spacial score (nSPS) is 12.6. The summed E-state index contributed by atoms with van der Waals surface area (Å²) in [6.45, 7) is 2.07. The predicted molar refractivity (Wildman–Crippen MR) is 90.1 cm³/mol. The summed E-state index contributed by atoms with van der Waals surface area (Å²) < 4.78 is 0. The standard InChI is InChI=1S/C19H15ClN2/c1-12-5-4-7-14(11-12)19-21-17-15-8-3-2-6-13(15)9-10-16(17)18(20)22-19/h2-8,11H,9-10H2,1H3. The number of halogens is 1. The molecule has 1 aromatic heterocycles. The lowest BCUT2D eigenvalue weighted by Gasteiger charge is -2.20. The Morgan fingerprint density at radius 2 is 1.82 bits per heavy atom. The monoisotopic (exact) mass is 306 g/mol. The summed E-state index contributed by atoms with van der Waals surface area (Å²) in [5.41, 5.74) is 6.76. The molecule has 1 aliphatic rings. The van der Waals surface area contributed by atoms with Crippen molar-refractivity contribution in [3.63, 3.8) is 0 Å². The number of nitrogens with zero attached hydrogens (tertiary/aromatic N) is 2. The van der Waals surface area contributed by atoms with Crippen LogP contribution in [-0.2, 0) is 12.8 Å². The average Bonchev–Trinajstić information content (AvgIpc) is 2.54. The van der Waals surface area contributed by atoms with Crippen LogP contribution in [0, 0.1) is 6.92 Å². The van der Waals surface area contributed by atoms with Crippen molar-refractivity contribution in [1.82, 2.24) is 9.97 Å². The summed E-state index contributed by atoms with van der Waals surface area (Å²) in [4.78, 5) is 9.36. The van der Waals surface area contributed by atoms with Gasteiger partial charge in [-0.25, -0.2) is 9.97 Å². The highest BCUT2D eigenvalue weighted by atomic mass is 35.5. The van der Waals surface area contributed by atoms with E-state index in [1.807, 2.05) is 12.1 Å². The van der Waals surface area contributed by atoms with E-state index in [1.165, 1.54) is 16.7 Å². The Labute approximate surface area is 134 Å². The summed E-state index contributed by atoms with van der Waals surface area (Å²) in [7, 11) is 0. The van der Waals surface area contributed by atoms with Crippen LogP contribution in [0.25, 0.3) is 22.6 Å². The first kappa shape index (κ1) is 13.5. The molecule has 0 radical (unpaired) electrons. The van der Waals surface area contributed by atoms with Gasteiger partial charge in [0.25, 0.3) is 0 Å². The third-order valence-corrected chi connectivity index (χ3v) is 4.46. The number of hydrogen-bond acceptors (Lipinski definition) is 2. The molecule has 0 aliphatic heterocycles. The van der Waals surface area contributed by atoms with Crippen molar-refractivity contribution >= 4 is 11.6 Å². The van der Waals surface area contributed by atoms with Gasteiger partial charge in [-0.3, -0.25) is 0 Å². The lowest BCUT2D eigenvalue weighted by Crippen LogP contribution is -2.08.